The van der Waals surface area contributed by atoms with Crippen molar-refractivity contribution in [1.82, 2.24) is 29.4 Å². The predicted octanol–water partition coefficient (Wildman–Crippen LogP) is 3.22. The first-order valence-electron chi connectivity index (χ1n) is 11.9. The highest BCUT2D eigenvalue weighted by Gasteiger charge is 2.35. The summed E-state index contributed by atoms with van der Waals surface area (Å²) in [7, 11) is 1.53. The van der Waals surface area contributed by atoms with Gasteiger partial charge in [-0.1, -0.05) is 24.6 Å². The van der Waals surface area contributed by atoms with Gasteiger partial charge in [-0.05, 0) is 56.0 Å². The summed E-state index contributed by atoms with van der Waals surface area (Å²) in [6, 6.07) is 12.5. The molecule has 4 atom stereocenters. The Morgan fingerprint density at radius 2 is 1.89 bits per heavy atom. The molecule has 0 radical (unpaired) electrons. The highest BCUT2D eigenvalue weighted by Crippen LogP contribution is 2.31. The molecule has 0 bridgehead atoms. The van der Waals surface area contributed by atoms with Crippen LogP contribution in [-0.2, 0) is 11.4 Å². The first kappa shape index (κ1) is 24.1. The smallest absolute Gasteiger partial charge is 0.271 e. The van der Waals surface area contributed by atoms with Gasteiger partial charge in [-0.15, -0.1) is 3.97 Å². The van der Waals surface area contributed by atoms with Gasteiger partial charge in [0.25, 0.3) is 11.8 Å². The summed E-state index contributed by atoms with van der Waals surface area (Å²) in [4.78, 5) is 30.6. The van der Waals surface area contributed by atoms with Crippen molar-refractivity contribution in [2.24, 2.45) is 5.92 Å². The van der Waals surface area contributed by atoms with Crippen LogP contribution in [0.1, 0.15) is 58.4 Å². The lowest BCUT2D eigenvalue weighted by atomic mass is 10.1. The van der Waals surface area contributed by atoms with E-state index in [9.17, 15) is 14.1 Å². The Morgan fingerprint density at radius 3 is 2.56 bits per heavy atom. The summed E-state index contributed by atoms with van der Waals surface area (Å²) >= 11 is -1.47. The molecular formula is C26H28N6O3S. The Balaban J connectivity index is 1.53. The third kappa shape index (κ3) is 4.38. The topological polar surface area (TPSA) is 117 Å². The lowest BCUT2D eigenvalue weighted by Gasteiger charge is -2.17. The van der Waals surface area contributed by atoms with E-state index in [0.29, 0.717) is 22.2 Å². The van der Waals surface area contributed by atoms with Crippen molar-refractivity contribution in [2.45, 2.75) is 44.2 Å². The van der Waals surface area contributed by atoms with Gasteiger partial charge in [-0.3, -0.25) is 14.3 Å². The quantitative estimate of drug-likeness (QED) is 0.375. The molecule has 1 aliphatic rings. The van der Waals surface area contributed by atoms with Crippen molar-refractivity contribution < 1.29 is 14.1 Å². The zero-order valence-corrected chi connectivity index (χ0v) is 21.4. The molecule has 5 rings (SSSR count). The van der Waals surface area contributed by atoms with E-state index in [2.05, 4.69) is 27.6 Å². The Hall–Kier alpha value is -3.63. The monoisotopic (exact) mass is 504 g/mol. The van der Waals surface area contributed by atoms with Gasteiger partial charge in [0.2, 0.25) is 0 Å². The van der Waals surface area contributed by atoms with Crippen LogP contribution in [0.25, 0.3) is 11.0 Å². The number of amides is 2. The van der Waals surface area contributed by atoms with Crippen LogP contribution in [0.3, 0.4) is 0 Å². The fourth-order valence-electron chi connectivity index (χ4n) is 4.30. The van der Waals surface area contributed by atoms with Gasteiger partial charge < -0.3 is 15.2 Å². The molecule has 0 saturated heterocycles. The van der Waals surface area contributed by atoms with E-state index in [-0.39, 0.29) is 23.6 Å². The lowest BCUT2D eigenvalue weighted by molar-refractivity contribution is 0.0934. The number of nitrogens with zero attached hydrogens (tertiary/aromatic N) is 4. The van der Waals surface area contributed by atoms with Gasteiger partial charge in [0.05, 0.1) is 12.2 Å². The minimum atomic E-state index is -1.47. The van der Waals surface area contributed by atoms with Crippen molar-refractivity contribution in [3.63, 3.8) is 0 Å². The molecule has 3 unspecified atom stereocenters. The fraction of sp³-hybridized carbons (Fsp3) is 0.308. The Kier molecular flexibility index (Phi) is 6.31. The molecule has 0 spiro atoms. The van der Waals surface area contributed by atoms with Gasteiger partial charge in [-0.25, -0.2) is 4.98 Å². The normalized spacial score (nSPS) is 18.6. The molecule has 1 aromatic carbocycles. The summed E-state index contributed by atoms with van der Waals surface area (Å²) in [5, 5.41) is 10.9. The fourth-order valence-corrected chi connectivity index (χ4v) is 5.37. The maximum absolute atomic E-state index is 13.3. The summed E-state index contributed by atoms with van der Waals surface area (Å²) in [5.74, 6) is -0.188. The van der Waals surface area contributed by atoms with Gasteiger partial charge in [-0.2, -0.15) is 5.10 Å². The molecule has 9 nitrogen and oxygen atoms in total. The maximum Gasteiger partial charge on any atom is 0.271 e. The molecule has 0 aliphatic heterocycles. The van der Waals surface area contributed by atoms with E-state index in [4.69, 9.17) is 0 Å². The van der Waals surface area contributed by atoms with Gasteiger partial charge in [0.1, 0.15) is 17.1 Å². The standard InChI is InChI=1S/C26H28N6O3S/c1-15-5-7-18(8-6-15)36(35)31-12-10-20-19(9-11-28-24(20)31)17(3)32-23(14-22(30-32)25(33)27-4)26(34)29-21-13-16(21)2/h5-12,14,16-17,21H,13H2,1-4H3,(H,27,33)(H,29,34)/t16-,17?,21?,36?/m0/s1. The molecule has 1 aliphatic carbocycles. The molecule has 2 amide bonds. The van der Waals surface area contributed by atoms with Crippen LogP contribution in [0, 0.1) is 12.8 Å². The molecule has 186 valence electrons. The van der Waals surface area contributed by atoms with E-state index in [0.717, 1.165) is 22.9 Å². The molecular weight excluding hydrogens is 476 g/mol. The van der Waals surface area contributed by atoms with Gasteiger partial charge in [0.15, 0.2) is 16.2 Å². The summed E-state index contributed by atoms with van der Waals surface area (Å²) < 4.78 is 16.5. The molecule has 10 heteroatoms. The molecule has 4 aromatic rings. The predicted molar refractivity (Wildman–Crippen MR) is 137 cm³/mol. The Bertz CT molecular complexity index is 1440. The number of fused-ring (bicyclic) bond motifs is 1. The average molecular weight is 505 g/mol. The molecule has 2 N–H and O–H groups in total. The van der Waals surface area contributed by atoms with E-state index in [1.807, 2.05) is 50.2 Å². The number of pyridine rings is 1. The number of aromatic nitrogens is 4. The maximum atomic E-state index is 13.3. The molecule has 3 heterocycles. The highest BCUT2D eigenvalue weighted by molar-refractivity contribution is 7.90. The third-order valence-corrected chi connectivity index (χ3v) is 7.99. The zero-order chi connectivity index (χ0) is 25.6. The van der Waals surface area contributed by atoms with Crippen LogP contribution in [0.4, 0.5) is 0 Å². The minimum absolute atomic E-state index is 0.137. The number of hydrogen-bond acceptors (Lipinski definition) is 5. The van der Waals surface area contributed by atoms with E-state index < -0.39 is 17.4 Å². The summed E-state index contributed by atoms with van der Waals surface area (Å²) in [6.45, 7) is 5.98. The number of carbonyl (C=O) groups excluding carboxylic acids is 2. The second-order valence-electron chi connectivity index (χ2n) is 9.25. The first-order valence-corrected chi connectivity index (χ1v) is 13.0. The third-order valence-electron chi connectivity index (χ3n) is 6.66. The van der Waals surface area contributed by atoms with E-state index in [1.165, 1.54) is 13.1 Å². The van der Waals surface area contributed by atoms with Gasteiger partial charge >= 0.3 is 0 Å². The Morgan fingerprint density at radius 1 is 1.17 bits per heavy atom. The number of aryl methyl sites for hydroxylation is 1. The lowest BCUT2D eigenvalue weighted by Crippen LogP contribution is -2.29. The van der Waals surface area contributed by atoms with Crippen molar-refractivity contribution in [1.29, 1.82) is 0 Å². The Labute approximate surface area is 212 Å². The number of hydrogen-bond donors (Lipinski definition) is 2. The van der Waals surface area contributed by atoms with Crippen LogP contribution in [-0.4, -0.2) is 48.2 Å². The van der Waals surface area contributed by atoms with E-state index in [1.54, 1.807) is 21.0 Å². The van der Waals surface area contributed by atoms with Crippen LogP contribution >= 0.6 is 0 Å². The van der Waals surface area contributed by atoms with Gasteiger partial charge in [0, 0.05) is 30.7 Å². The molecule has 1 saturated carbocycles. The van der Waals surface area contributed by atoms with Crippen molar-refractivity contribution in [2.75, 3.05) is 7.05 Å². The van der Waals surface area contributed by atoms with Crippen LogP contribution in [0.5, 0.6) is 0 Å². The summed E-state index contributed by atoms with van der Waals surface area (Å²) in [5.41, 5.74) is 2.98. The molecule has 36 heavy (non-hydrogen) atoms. The van der Waals surface area contributed by atoms with E-state index >= 15 is 0 Å². The highest BCUT2D eigenvalue weighted by atomic mass is 32.2. The second kappa shape index (κ2) is 9.44. The van der Waals surface area contributed by atoms with Crippen LogP contribution < -0.4 is 10.6 Å². The van der Waals surface area contributed by atoms with Crippen LogP contribution in [0.2, 0.25) is 0 Å². The van der Waals surface area contributed by atoms with Crippen molar-refractivity contribution in [3.8, 4) is 0 Å². The number of carbonyl (C=O) groups is 2. The zero-order valence-electron chi connectivity index (χ0n) is 20.6. The first-order chi connectivity index (χ1) is 17.3. The number of benzene rings is 1. The molecule has 1 fully saturated rings. The largest absolute Gasteiger partial charge is 0.587 e. The second-order valence-corrected chi connectivity index (χ2v) is 10.6. The minimum Gasteiger partial charge on any atom is -0.587 e. The average Bonchev–Trinajstić information content (AvgIpc) is 3.27. The van der Waals surface area contributed by atoms with Crippen molar-refractivity contribution in [3.05, 3.63) is 77.4 Å². The number of rotatable bonds is 7. The SMILES string of the molecule is CNC(=O)c1cc(C(=O)NC2C[C@@H]2C)n(C(C)c2ccnc3c2ccn3[S+]([O-])c2ccc(C)cc2)n1. The summed E-state index contributed by atoms with van der Waals surface area (Å²) in [6.07, 6.45) is 4.35. The number of nitrogens with one attached hydrogen (secondary N) is 2. The van der Waals surface area contributed by atoms with Crippen LogP contribution in [0.15, 0.2) is 59.8 Å². The molecule has 3 aromatic heterocycles. The van der Waals surface area contributed by atoms with Crippen molar-refractivity contribution >= 4 is 34.2 Å².